The molecule has 3 heterocycles. The van der Waals surface area contributed by atoms with E-state index in [-0.39, 0.29) is 30.2 Å². The summed E-state index contributed by atoms with van der Waals surface area (Å²) < 4.78 is 4.93. The lowest BCUT2D eigenvalue weighted by Crippen LogP contribution is -2.48. The van der Waals surface area contributed by atoms with Crippen LogP contribution in [0.25, 0.3) is 0 Å². The Morgan fingerprint density at radius 2 is 2.04 bits per heavy atom. The summed E-state index contributed by atoms with van der Waals surface area (Å²) in [4.78, 5) is 44.4. The third-order valence-corrected chi connectivity index (χ3v) is 6.41. The number of fused-ring (bicyclic) bond motifs is 1. The third-order valence-electron chi connectivity index (χ3n) is 5.19. The fourth-order valence-electron chi connectivity index (χ4n) is 3.73. The van der Waals surface area contributed by atoms with Crippen LogP contribution in [0.1, 0.15) is 33.0 Å². The van der Waals surface area contributed by atoms with Gasteiger partial charge in [0.15, 0.2) is 0 Å². The lowest BCUT2D eigenvalue weighted by atomic mass is 9.95. The number of ether oxygens (including phenoxy) is 1. The van der Waals surface area contributed by atoms with Gasteiger partial charge >= 0.3 is 0 Å². The van der Waals surface area contributed by atoms with Gasteiger partial charge in [0, 0.05) is 52.3 Å². The number of rotatable bonds is 4. The second-order valence-electron chi connectivity index (χ2n) is 7.38. The molecule has 3 amide bonds. The molecule has 27 heavy (non-hydrogen) atoms. The molecule has 1 aromatic rings. The molecule has 3 rings (SSSR count). The van der Waals surface area contributed by atoms with E-state index >= 15 is 0 Å². The number of nitrogens with zero attached hydrogens (tertiary/aromatic N) is 3. The van der Waals surface area contributed by atoms with Crippen molar-refractivity contribution in [1.29, 1.82) is 0 Å². The van der Waals surface area contributed by atoms with Crippen molar-refractivity contribution in [2.75, 3.05) is 47.4 Å². The lowest BCUT2D eigenvalue weighted by molar-refractivity contribution is -0.143. The molecule has 0 saturated carbocycles. The van der Waals surface area contributed by atoms with Crippen molar-refractivity contribution in [3.8, 4) is 0 Å². The van der Waals surface area contributed by atoms with Crippen molar-refractivity contribution in [2.24, 2.45) is 5.92 Å². The first-order valence-corrected chi connectivity index (χ1v) is 10.1. The molecule has 8 heteroatoms. The smallest absolute Gasteiger partial charge is 0.263 e. The summed E-state index contributed by atoms with van der Waals surface area (Å²) in [5.41, 5.74) is 1.08. The predicted molar refractivity (Wildman–Crippen MR) is 103 cm³/mol. The van der Waals surface area contributed by atoms with Gasteiger partial charge < -0.3 is 19.4 Å². The zero-order valence-electron chi connectivity index (χ0n) is 16.2. The average molecular weight is 394 g/mol. The zero-order chi connectivity index (χ0) is 19.6. The van der Waals surface area contributed by atoms with Crippen molar-refractivity contribution in [1.82, 2.24) is 14.7 Å². The van der Waals surface area contributed by atoms with Gasteiger partial charge in [0.25, 0.3) is 5.91 Å². The van der Waals surface area contributed by atoms with Gasteiger partial charge in [-0.3, -0.25) is 14.4 Å². The molecular formula is C19H27N3O4S. The van der Waals surface area contributed by atoms with Crippen LogP contribution >= 0.6 is 11.3 Å². The highest BCUT2D eigenvalue weighted by Gasteiger charge is 2.33. The number of likely N-dealkylation sites (tertiary alicyclic amines) is 1. The van der Waals surface area contributed by atoms with Crippen LogP contribution in [0.3, 0.4) is 0 Å². The van der Waals surface area contributed by atoms with E-state index in [2.05, 4.69) is 0 Å². The minimum atomic E-state index is -0.150. The number of thiophene rings is 1. The molecule has 7 nitrogen and oxygen atoms in total. The van der Waals surface area contributed by atoms with Crippen LogP contribution in [0.2, 0.25) is 0 Å². The van der Waals surface area contributed by atoms with E-state index in [9.17, 15) is 14.4 Å². The van der Waals surface area contributed by atoms with E-state index in [1.165, 1.54) is 23.3 Å². The van der Waals surface area contributed by atoms with Crippen molar-refractivity contribution in [3.63, 3.8) is 0 Å². The minimum absolute atomic E-state index is 0.00635. The van der Waals surface area contributed by atoms with Gasteiger partial charge in [0.05, 0.1) is 10.8 Å². The summed E-state index contributed by atoms with van der Waals surface area (Å²) >= 11 is 1.53. The summed E-state index contributed by atoms with van der Waals surface area (Å²) in [6, 6.07) is 1.93. The predicted octanol–water partition coefficient (Wildman–Crippen LogP) is 1.22. The van der Waals surface area contributed by atoms with Crippen LogP contribution in [-0.2, 0) is 27.3 Å². The number of amides is 3. The number of hydrogen-bond donors (Lipinski definition) is 0. The Morgan fingerprint density at radius 1 is 1.26 bits per heavy atom. The van der Waals surface area contributed by atoms with E-state index in [1.807, 2.05) is 11.0 Å². The molecule has 2 aliphatic heterocycles. The SMILES string of the molecule is COCC(=O)N1CCC[C@@H](C(=O)N2CCc3sc(C(=O)N(C)C)cc3C2)C1. The molecule has 1 atom stereocenters. The molecule has 1 saturated heterocycles. The van der Waals surface area contributed by atoms with Crippen molar-refractivity contribution >= 4 is 29.1 Å². The van der Waals surface area contributed by atoms with E-state index < -0.39 is 0 Å². The molecule has 0 spiro atoms. The van der Waals surface area contributed by atoms with Gasteiger partial charge in [-0.2, -0.15) is 0 Å². The molecule has 0 N–H and O–H groups in total. The number of carbonyl (C=O) groups is 3. The Hall–Kier alpha value is -1.93. The number of piperidine rings is 1. The van der Waals surface area contributed by atoms with E-state index in [1.54, 1.807) is 23.9 Å². The summed E-state index contributed by atoms with van der Waals surface area (Å²) in [6.07, 6.45) is 2.43. The van der Waals surface area contributed by atoms with Crippen LogP contribution in [0.4, 0.5) is 0 Å². The van der Waals surface area contributed by atoms with Crippen molar-refractivity contribution in [2.45, 2.75) is 25.8 Å². The van der Waals surface area contributed by atoms with Crippen LogP contribution in [0, 0.1) is 5.92 Å². The largest absolute Gasteiger partial charge is 0.375 e. The average Bonchev–Trinajstić information content (AvgIpc) is 3.10. The van der Waals surface area contributed by atoms with Crippen molar-refractivity contribution in [3.05, 3.63) is 21.4 Å². The number of hydrogen-bond acceptors (Lipinski definition) is 5. The third kappa shape index (κ3) is 4.32. The van der Waals surface area contributed by atoms with Gasteiger partial charge in [-0.05, 0) is 30.9 Å². The minimum Gasteiger partial charge on any atom is -0.375 e. The van der Waals surface area contributed by atoms with Crippen molar-refractivity contribution < 1.29 is 19.1 Å². The van der Waals surface area contributed by atoms with Crippen LogP contribution in [0.15, 0.2) is 6.07 Å². The lowest BCUT2D eigenvalue weighted by Gasteiger charge is -2.36. The maximum atomic E-state index is 13.0. The van der Waals surface area contributed by atoms with E-state index in [0.29, 0.717) is 26.2 Å². The fourth-order valence-corrected chi connectivity index (χ4v) is 4.91. The molecule has 0 aliphatic carbocycles. The fraction of sp³-hybridized carbons (Fsp3) is 0.632. The maximum Gasteiger partial charge on any atom is 0.263 e. The summed E-state index contributed by atoms with van der Waals surface area (Å²) in [5, 5.41) is 0. The number of methoxy groups -OCH3 is 1. The summed E-state index contributed by atoms with van der Waals surface area (Å²) in [5.74, 6) is -0.0858. The van der Waals surface area contributed by atoms with Crippen LogP contribution < -0.4 is 0 Å². The van der Waals surface area contributed by atoms with Crippen LogP contribution in [0.5, 0.6) is 0 Å². The van der Waals surface area contributed by atoms with Crippen LogP contribution in [-0.4, -0.2) is 79.9 Å². The van der Waals surface area contributed by atoms with E-state index in [4.69, 9.17) is 4.74 Å². The molecule has 0 aromatic carbocycles. The van der Waals surface area contributed by atoms with Gasteiger partial charge in [-0.1, -0.05) is 0 Å². The molecule has 148 valence electrons. The molecule has 0 unspecified atom stereocenters. The quantitative estimate of drug-likeness (QED) is 0.771. The monoisotopic (exact) mass is 393 g/mol. The molecule has 1 aromatic heterocycles. The van der Waals surface area contributed by atoms with Gasteiger partial charge in [-0.25, -0.2) is 0 Å². The topological polar surface area (TPSA) is 70.2 Å². The Kier molecular flexibility index (Phi) is 6.16. The first-order valence-electron chi connectivity index (χ1n) is 9.29. The standard InChI is InChI=1S/C19H27N3O4S/c1-20(2)19(25)16-9-14-11-22(8-6-15(14)27-16)18(24)13-5-4-7-21(10-13)17(23)12-26-3/h9,13H,4-8,10-12H2,1-3H3/t13-/m1/s1. The second kappa shape index (κ2) is 8.39. The zero-order valence-corrected chi connectivity index (χ0v) is 17.0. The normalized spacial score (nSPS) is 19.6. The highest BCUT2D eigenvalue weighted by molar-refractivity contribution is 7.14. The van der Waals surface area contributed by atoms with Gasteiger partial charge in [-0.15, -0.1) is 11.3 Å². The first kappa shape index (κ1) is 19.8. The van der Waals surface area contributed by atoms with Gasteiger partial charge in [0.1, 0.15) is 6.61 Å². The molecule has 1 fully saturated rings. The Balaban J connectivity index is 1.65. The molecule has 2 aliphatic rings. The summed E-state index contributed by atoms with van der Waals surface area (Å²) in [6.45, 7) is 2.44. The Bertz CT molecular complexity index is 731. The molecule has 0 bridgehead atoms. The molecular weight excluding hydrogens is 366 g/mol. The van der Waals surface area contributed by atoms with E-state index in [0.717, 1.165) is 29.7 Å². The second-order valence-corrected chi connectivity index (χ2v) is 8.52. The first-order chi connectivity index (χ1) is 12.9. The highest BCUT2D eigenvalue weighted by Crippen LogP contribution is 2.30. The summed E-state index contributed by atoms with van der Waals surface area (Å²) in [7, 11) is 5.00. The number of carbonyl (C=O) groups excluding carboxylic acids is 3. The Labute approximate surface area is 163 Å². The van der Waals surface area contributed by atoms with Gasteiger partial charge in [0.2, 0.25) is 11.8 Å². The Morgan fingerprint density at radius 3 is 2.74 bits per heavy atom. The highest BCUT2D eigenvalue weighted by atomic mass is 32.1. The maximum absolute atomic E-state index is 13.0. The molecule has 0 radical (unpaired) electrons.